The van der Waals surface area contributed by atoms with Crippen LogP contribution in [0.5, 0.6) is 0 Å². The smallest absolute Gasteiger partial charge is 0.312 e. The average molecular weight is 359 g/mol. The fraction of sp³-hybridized carbons (Fsp3) is 0.263. The third-order valence-electron chi connectivity index (χ3n) is 4.58. The van der Waals surface area contributed by atoms with Gasteiger partial charge in [0.05, 0.1) is 5.69 Å². The Hall–Kier alpha value is -2.96. The normalized spacial score (nSPS) is 16.5. The number of hydrogen-bond donors (Lipinski definition) is 2. The van der Waals surface area contributed by atoms with Crippen molar-refractivity contribution in [2.75, 3.05) is 11.9 Å². The molecule has 0 spiro atoms. The van der Waals surface area contributed by atoms with Gasteiger partial charge in [-0.1, -0.05) is 42.5 Å². The number of anilines is 1. The number of para-hydroxylation sites is 1. The average Bonchev–Trinajstić information content (AvgIpc) is 2.59. The van der Waals surface area contributed by atoms with Crippen molar-refractivity contribution in [1.29, 1.82) is 0 Å². The molecule has 0 bridgehead atoms. The van der Waals surface area contributed by atoms with Crippen LogP contribution < -0.4 is 16.0 Å². The Morgan fingerprint density at radius 1 is 1.23 bits per heavy atom. The Labute approximate surface area is 149 Å². The van der Waals surface area contributed by atoms with E-state index in [2.05, 4.69) is 5.32 Å². The molecule has 3 rings (SSSR count). The van der Waals surface area contributed by atoms with E-state index >= 15 is 0 Å². The number of alkyl halides is 2. The van der Waals surface area contributed by atoms with E-state index in [1.54, 1.807) is 25.2 Å². The van der Waals surface area contributed by atoms with Crippen molar-refractivity contribution in [2.45, 2.75) is 25.3 Å². The highest BCUT2D eigenvalue weighted by atomic mass is 19.3. The van der Waals surface area contributed by atoms with Gasteiger partial charge in [0.1, 0.15) is 6.04 Å². The molecule has 0 saturated heterocycles. The lowest BCUT2D eigenvalue weighted by Crippen LogP contribution is -2.53. The molecule has 136 valence electrons. The van der Waals surface area contributed by atoms with Crippen molar-refractivity contribution in [3.8, 4) is 0 Å². The minimum absolute atomic E-state index is 0.0110. The second-order valence-electron chi connectivity index (χ2n) is 6.26. The second-order valence-corrected chi connectivity index (χ2v) is 6.26. The summed E-state index contributed by atoms with van der Waals surface area (Å²) in [6.07, 6.45) is -1.96. The molecule has 0 aromatic heterocycles. The van der Waals surface area contributed by atoms with Gasteiger partial charge in [0, 0.05) is 19.0 Å². The summed E-state index contributed by atoms with van der Waals surface area (Å²) < 4.78 is 26.5. The van der Waals surface area contributed by atoms with E-state index in [4.69, 9.17) is 5.73 Å². The maximum atomic E-state index is 13.3. The zero-order chi connectivity index (χ0) is 18.8. The minimum Gasteiger partial charge on any atom is -0.352 e. The van der Waals surface area contributed by atoms with Crippen molar-refractivity contribution in [3.05, 3.63) is 64.7 Å². The van der Waals surface area contributed by atoms with Crippen LogP contribution in [0.3, 0.4) is 0 Å². The van der Waals surface area contributed by atoms with Crippen molar-refractivity contribution in [1.82, 2.24) is 5.32 Å². The number of carbonyl (C=O) groups excluding carboxylic acids is 2. The number of amides is 3. The number of nitrogens with two attached hydrogens (primary N) is 1. The standard InChI is InChI=1S/C19H19F2N3O2/c1-24-16-12(9-11-5-2-3-8-14(11)17(20)21)6-4-7-13(16)10-15(18(24)25)23-19(22)26/h2-8,15,17H,9-10H2,1H3,(H3,22,23,26)/t15-/m1/s1. The number of primary amides is 1. The fourth-order valence-electron chi connectivity index (χ4n) is 3.43. The summed E-state index contributed by atoms with van der Waals surface area (Å²) in [4.78, 5) is 25.1. The van der Waals surface area contributed by atoms with Gasteiger partial charge in [-0.3, -0.25) is 4.79 Å². The number of urea groups is 1. The van der Waals surface area contributed by atoms with Crippen molar-refractivity contribution >= 4 is 17.6 Å². The molecule has 7 heteroatoms. The number of hydrogen-bond acceptors (Lipinski definition) is 2. The molecule has 5 nitrogen and oxygen atoms in total. The van der Waals surface area contributed by atoms with E-state index in [-0.39, 0.29) is 17.9 Å². The number of benzene rings is 2. The van der Waals surface area contributed by atoms with E-state index in [1.165, 1.54) is 11.0 Å². The van der Waals surface area contributed by atoms with Crippen molar-refractivity contribution in [3.63, 3.8) is 0 Å². The molecule has 0 aliphatic carbocycles. The van der Waals surface area contributed by atoms with Crippen LogP contribution in [-0.2, 0) is 17.6 Å². The molecule has 1 heterocycles. The third kappa shape index (κ3) is 3.37. The van der Waals surface area contributed by atoms with Crippen LogP contribution in [0.1, 0.15) is 28.7 Å². The van der Waals surface area contributed by atoms with Crippen LogP contribution in [0, 0.1) is 0 Å². The van der Waals surface area contributed by atoms with E-state index in [1.807, 2.05) is 18.2 Å². The molecule has 3 N–H and O–H groups in total. The monoisotopic (exact) mass is 359 g/mol. The zero-order valence-corrected chi connectivity index (χ0v) is 14.2. The molecule has 1 aliphatic rings. The number of halogens is 2. The summed E-state index contributed by atoms with van der Waals surface area (Å²) in [6.45, 7) is 0. The zero-order valence-electron chi connectivity index (χ0n) is 14.2. The van der Waals surface area contributed by atoms with Crippen LogP contribution in [0.4, 0.5) is 19.3 Å². The number of nitrogens with zero attached hydrogens (tertiary/aromatic N) is 1. The number of rotatable bonds is 4. The molecule has 2 aromatic rings. The quantitative estimate of drug-likeness (QED) is 0.881. The summed E-state index contributed by atoms with van der Waals surface area (Å²) in [7, 11) is 1.61. The van der Waals surface area contributed by atoms with Gasteiger partial charge >= 0.3 is 6.03 Å². The highest BCUT2D eigenvalue weighted by molar-refractivity contribution is 6.02. The first-order valence-electron chi connectivity index (χ1n) is 8.18. The second kappa shape index (κ2) is 7.11. The third-order valence-corrected chi connectivity index (χ3v) is 4.58. The Bertz CT molecular complexity index is 854. The molecule has 3 amide bonds. The maximum absolute atomic E-state index is 13.3. The molecule has 0 fully saturated rings. The van der Waals surface area contributed by atoms with Gasteiger partial charge in [-0.15, -0.1) is 0 Å². The number of fused-ring (bicyclic) bond motifs is 1. The van der Waals surface area contributed by atoms with Crippen LogP contribution in [0.15, 0.2) is 42.5 Å². The van der Waals surface area contributed by atoms with Gasteiger partial charge in [0.15, 0.2) is 0 Å². The first kappa shape index (κ1) is 17.8. The van der Waals surface area contributed by atoms with Gasteiger partial charge in [-0.05, 0) is 23.1 Å². The lowest BCUT2D eigenvalue weighted by molar-refractivity contribution is -0.120. The summed E-state index contributed by atoms with van der Waals surface area (Å²) in [5.74, 6) is -0.286. The van der Waals surface area contributed by atoms with E-state index in [0.29, 0.717) is 17.7 Å². The molecule has 1 aliphatic heterocycles. The lowest BCUT2D eigenvalue weighted by Gasteiger charge is -2.33. The summed E-state index contributed by atoms with van der Waals surface area (Å²) >= 11 is 0. The van der Waals surface area contributed by atoms with E-state index < -0.39 is 18.5 Å². The number of likely N-dealkylation sites (N-methyl/N-ethyl adjacent to an activating group) is 1. The van der Waals surface area contributed by atoms with Gasteiger partial charge in [-0.2, -0.15) is 0 Å². The highest BCUT2D eigenvalue weighted by Gasteiger charge is 2.32. The predicted octanol–water partition coefficient (Wildman–Crippen LogP) is 2.77. The summed E-state index contributed by atoms with van der Waals surface area (Å²) in [6, 6.07) is 10.4. The highest BCUT2D eigenvalue weighted by Crippen LogP contribution is 2.33. The minimum atomic E-state index is -2.56. The molecule has 2 aromatic carbocycles. The topological polar surface area (TPSA) is 75.4 Å². The van der Waals surface area contributed by atoms with Crippen molar-refractivity contribution < 1.29 is 18.4 Å². The SMILES string of the molecule is CN1C(=O)[C@H](NC(N)=O)Cc2cccc(Cc3ccccc3C(F)F)c21. The van der Waals surface area contributed by atoms with E-state index in [0.717, 1.165) is 11.1 Å². The largest absolute Gasteiger partial charge is 0.352 e. The van der Waals surface area contributed by atoms with Crippen molar-refractivity contribution in [2.24, 2.45) is 5.73 Å². The van der Waals surface area contributed by atoms with Gasteiger partial charge in [0.2, 0.25) is 5.91 Å². The molecule has 1 atom stereocenters. The molecule has 0 saturated carbocycles. The van der Waals surface area contributed by atoms with E-state index in [9.17, 15) is 18.4 Å². The molecule has 26 heavy (non-hydrogen) atoms. The lowest BCUT2D eigenvalue weighted by atomic mass is 9.91. The number of carbonyl (C=O) groups is 2. The van der Waals surface area contributed by atoms with Gasteiger partial charge in [-0.25, -0.2) is 13.6 Å². The van der Waals surface area contributed by atoms with Crippen LogP contribution >= 0.6 is 0 Å². The van der Waals surface area contributed by atoms with Gasteiger partial charge in [0.25, 0.3) is 6.43 Å². The van der Waals surface area contributed by atoms with Crippen LogP contribution in [-0.4, -0.2) is 25.0 Å². The first-order chi connectivity index (χ1) is 12.4. The fourth-order valence-corrected chi connectivity index (χ4v) is 3.43. The van der Waals surface area contributed by atoms with Gasteiger partial charge < -0.3 is 16.0 Å². The van der Waals surface area contributed by atoms with Crippen LogP contribution in [0.2, 0.25) is 0 Å². The number of nitrogens with one attached hydrogen (secondary N) is 1. The predicted molar refractivity (Wildman–Crippen MR) is 94.3 cm³/mol. The summed E-state index contributed by atoms with van der Waals surface area (Å²) in [5.41, 5.74) is 7.99. The molecular formula is C19H19F2N3O2. The van der Waals surface area contributed by atoms with Crippen LogP contribution in [0.25, 0.3) is 0 Å². The maximum Gasteiger partial charge on any atom is 0.312 e. The Kier molecular flexibility index (Phi) is 4.88. The summed E-state index contributed by atoms with van der Waals surface area (Å²) in [5, 5.41) is 2.44. The molecule has 0 radical (unpaired) electrons. The first-order valence-corrected chi connectivity index (χ1v) is 8.18. The Morgan fingerprint density at radius 2 is 1.92 bits per heavy atom. The Morgan fingerprint density at radius 3 is 2.62 bits per heavy atom. The molecule has 0 unspecified atom stereocenters. The molecular weight excluding hydrogens is 340 g/mol. The Balaban J connectivity index is 1.98.